The number of aryl methyl sites for hydroxylation is 1. The van der Waals surface area contributed by atoms with Crippen LogP contribution in [0.15, 0.2) is 59.5 Å². The highest BCUT2D eigenvalue weighted by molar-refractivity contribution is 7.89. The van der Waals surface area contributed by atoms with Crippen LogP contribution in [0, 0.1) is 13.8 Å². The van der Waals surface area contributed by atoms with Gasteiger partial charge >= 0.3 is 0 Å². The number of benzene rings is 2. The van der Waals surface area contributed by atoms with Crippen molar-refractivity contribution in [2.45, 2.75) is 45.7 Å². The summed E-state index contributed by atoms with van der Waals surface area (Å²) in [6, 6.07) is 16.2. The van der Waals surface area contributed by atoms with E-state index in [0.717, 1.165) is 22.5 Å². The zero-order valence-corrected chi connectivity index (χ0v) is 19.8. The molecule has 2 aromatic carbocycles. The predicted molar refractivity (Wildman–Crippen MR) is 125 cm³/mol. The quantitative estimate of drug-likeness (QED) is 0.536. The Morgan fingerprint density at radius 1 is 1.00 bits per heavy atom. The Kier molecular flexibility index (Phi) is 7.48. The number of rotatable bonds is 9. The minimum absolute atomic E-state index is 0.187. The highest BCUT2D eigenvalue weighted by Crippen LogP contribution is 2.17. The molecule has 1 heterocycles. The van der Waals surface area contributed by atoms with Crippen molar-refractivity contribution in [1.82, 2.24) is 19.4 Å². The monoisotopic (exact) mass is 454 g/mol. The molecule has 3 rings (SSSR count). The lowest BCUT2D eigenvalue weighted by molar-refractivity contribution is 0.0950. The van der Waals surface area contributed by atoms with Gasteiger partial charge in [-0.3, -0.25) is 9.48 Å². The molecule has 0 radical (unpaired) electrons. The van der Waals surface area contributed by atoms with Gasteiger partial charge in [-0.25, -0.2) is 8.42 Å². The Labute approximate surface area is 190 Å². The fourth-order valence-corrected chi connectivity index (χ4v) is 5.12. The van der Waals surface area contributed by atoms with Crippen LogP contribution < -0.4 is 5.32 Å². The van der Waals surface area contributed by atoms with E-state index in [1.165, 1.54) is 16.4 Å². The Balaban J connectivity index is 1.68. The van der Waals surface area contributed by atoms with E-state index in [4.69, 9.17) is 0 Å². The second-order valence-corrected chi connectivity index (χ2v) is 9.53. The van der Waals surface area contributed by atoms with Crippen LogP contribution in [-0.2, 0) is 23.1 Å². The van der Waals surface area contributed by atoms with Crippen LogP contribution in [0.5, 0.6) is 0 Å². The summed E-state index contributed by atoms with van der Waals surface area (Å²) in [7, 11) is -3.54. The first kappa shape index (κ1) is 23.7. The maximum Gasteiger partial charge on any atom is 0.251 e. The zero-order chi connectivity index (χ0) is 23.3. The smallest absolute Gasteiger partial charge is 0.251 e. The van der Waals surface area contributed by atoms with Gasteiger partial charge in [-0.15, -0.1) is 0 Å². The van der Waals surface area contributed by atoms with Gasteiger partial charge in [0.05, 0.1) is 17.1 Å². The molecule has 1 amide bonds. The van der Waals surface area contributed by atoms with Crippen LogP contribution in [0.4, 0.5) is 0 Å². The van der Waals surface area contributed by atoms with Crippen molar-refractivity contribution in [3.8, 4) is 0 Å². The molecule has 0 aliphatic rings. The van der Waals surface area contributed by atoms with E-state index in [9.17, 15) is 13.2 Å². The molecule has 0 aliphatic heterocycles. The SMILES string of the molecule is CCN(CC)S(=O)(=O)c1ccc(C(=O)NCc2c(C)nn(Cc3ccccc3)c2C)cc1. The van der Waals surface area contributed by atoms with Crippen LogP contribution in [-0.4, -0.2) is 41.5 Å². The van der Waals surface area contributed by atoms with Crippen LogP contribution in [0.3, 0.4) is 0 Å². The second kappa shape index (κ2) is 10.1. The first-order valence-corrected chi connectivity index (χ1v) is 12.2. The third-order valence-electron chi connectivity index (χ3n) is 5.59. The standard InChI is InChI=1S/C24H30N4O3S/c1-5-27(6-2)32(30,31)22-14-12-21(13-15-22)24(29)25-16-23-18(3)26-28(19(23)4)17-20-10-8-7-9-11-20/h7-15H,5-6,16-17H2,1-4H3,(H,25,29). The molecule has 0 bridgehead atoms. The van der Waals surface area contributed by atoms with Gasteiger partial charge in [0.2, 0.25) is 10.0 Å². The molecule has 8 heteroatoms. The second-order valence-electron chi connectivity index (χ2n) is 7.59. The number of sulfonamides is 1. The average Bonchev–Trinajstić information content (AvgIpc) is 3.05. The van der Waals surface area contributed by atoms with Crippen molar-refractivity contribution in [3.63, 3.8) is 0 Å². The molecule has 3 aromatic rings. The van der Waals surface area contributed by atoms with Gasteiger partial charge in [-0.1, -0.05) is 44.2 Å². The normalized spacial score (nSPS) is 11.7. The summed E-state index contributed by atoms with van der Waals surface area (Å²) in [6.07, 6.45) is 0. The molecule has 7 nitrogen and oxygen atoms in total. The van der Waals surface area contributed by atoms with E-state index in [-0.39, 0.29) is 10.8 Å². The third kappa shape index (κ3) is 5.08. The first-order chi connectivity index (χ1) is 15.3. The van der Waals surface area contributed by atoms with Crippen molar-refractivity contribution in [2.24, 2.45) is 0 Å². The molecule has 1 aromatic heterocycles. The lowest BCUT2D eigenvalue weighted by Crippen LogP contribution is -2.30. The van der Waals surface area contributed by atoms with Crippen LogP contribution >= 0.6 is 0 Å². The maximum absolute atomic E-state index is 12.6. The van der Waals surface area contributed by atoms with E-state index in [1.54, 1.807) is 26.0 Å². The number of aromatic nitrogens is 2. The van der Waals surface area contributed by atoms with E-state index >= 15 is 0 Å². The topological polar surface area (TPSA) is 84.3 Å². The zero-order valence-electron chi connectivity index (χ0n) is 19.0. The summed E-state index contributed by atoms with van der Waals surface area (Å²) in [5, 5.41) is 7.55. The van der Waals surface area contributed by atoms with Crippen molar-refractivity contribution in [2.75, 3.05) is 13.1 Å². The minimum Gasteiger partial charge on any atom is -0.348 e. The van der Waals surface area contributed by atoms with Crippen molar-refractivity contribution in [3.05, 3.63) is 82.7 Å². The predicted octanol–water partition coefficient (Wildman–Crippen LogP) is 3.51. The molecule has 1 N–H and O–H groups in total. The average molecular weight is 455 g/mol. The van der Waals surface area contributed by atoms with Crippen molar-refractivity contribution >= 4 is 15.9 Å². The van der Waals surface area contributed by atoms with Crippen molar-refractivity contribution < 1.29 is 13.2 Å². The molecular formula is C24H30N4O3S. The van der Waals surface area contributed by atoms with Gasteiger partial charge < -0.3 is 5.32 Å². The van der Waals surface area contributed by atoms with Crippen LogP contribution in [0.1, 0.15) is 46.7 Å². The Hall–Kier alpha value is -2.97. The third-order valence-corrected chi connectivity index (χ3v) is 7.66. The number of carbonyl (C=O) groups excluding carboxylic acids is 1. The molecule has 0 spiro atoms. The van der Waals surface area contributed by atoms with Gasteiger partial charge in [-0.2, -0.15) is 9.40 Å². The molecule has 32 heavy (non-hydrogen) atoms. The van der Waals surface area contributed by atoms with Gasteiger partial charge in [0.15, 0.2) is 0 Å². The van der Waals surface area contributed by atoms with Crippen LogP contribution in [0.2, 0.25) is 0 Å². The van der Waals surface area contributed by atoms with E-state index in [2.05, 4.69) is 22.5 Å². The number of nitrogens with one attached hydrogen (secondary N) is 1. The number of amides is 1. The highest BCUT2D eigenvalue weighted by atomic mass is 32.2. The van der Waals surface area contributed by atoms with Gasteiger partial charge in [0.1, 0.15) is 0 Å². The fraction of sp³-hybridized carbons (Fsp3) is 0.333. The summed E-state index contributed by atoms with van der Waals surface area (Å²) in [6.45, 7) is 9.36. The summed E-state index contributed by atoms with van der Waals surface area (Å²) in [5.41, 5.74) is 4.44. The minimum atomic E-state index is -3.54. The fourth-order valence-electron chi connectivity index (χ4n) is 3.66. The molecule has 170 valence electrons. The largest absolute Gasteiger partial charge is 0.348 e. The molecule has 0 saturated heterocycles. The summed E-state index contributed by atoms with van der Waals surface area (Å²) < 4.78 is 28.6. The summed E-state index contributed by atoms with van der Waals surface area (Å²) in [4.78, 5) is 12.8. The Morgan fingerprint density at radius 2 is 1.62 bits per heavy atom. The van der Waals surface area contributed by atoms with Gasteiger partial charge in [0, 0.05) is 36.5 Å². The Morgan fingerprint density at radius 3 is 2.22 bits per heavy atom. The summed E-state index contributed by atoms with van der Waals surface area (Å²) >= 11 is 0. The van der Waals surface area contributed by atoms with E-state index < -0.39 is 10.0 Å². The van der Waals surface area contributed by atoms with Gasteiger partial charge in [-0.05, 0) is 43.7 Å². The van der Waals surface area contributed by atoms with Gasteiger partial charge in [0.25, 0.3) is 5.91 Å². The molecule has 0 fully saturated rings. The summed E-state index contributed by atoms with van der Waals surface area (Å²) in [5.74, 6) is -0.258. The van der Waals surface area contributed by atoms with Crippen molar-refractivity contribution in [1.29, 1.82) is 0 Å². The number of carbonyl (C=O) groups is 1. The van der Waals surface area contributed by atoms with E-state index in [1.807, 2.05) is 36.7 Å². The molecule has 0 aliphatic carbocycles. The maximum atomic E-state index is 12.6. The number of nitrogens with zero attached hydrogens (tertiary/aromatic N) is 3. The van der Waals surface area contributed by atoms with E-state index in [0.29, 0.717) is 31.7 Å². The molecular weight excluding hydrogens is 424 g/mol. The highest BCUT2D eigenvalue weighted by Gasteiger charge is 2.22. The molecule has 0 unspecified atom stereocenters. The lowest BCUT2D eigenvalue weighted by atomic mass is 10.1. The molecule has 0 atom stereocenters. The first-order valence-electron chi connectivity index (χ1n) is 10.7. The Bertz CT molecular complexity index is 1170. The molecule has 0 saturated carbocycles. The number of hydrogen-bond donors (Lipinski definition) is 1. The lowest BCUT2D eigenvalue weighted by Gasteiger charge is -2.18. The van der Waals surface area contributed by atoms with Crippen LogP contribution in [0.25, 0.3) is 0 Å². The number of hydrogen-bond acceptors (Lipinski definition) is 4.